The number of carbonyl (C=O) groups is 1. The number of hydrogen-bond acceptors (Lipinski definition) is 3. The summed E-state index contributed by atoms with van der Waals surface area (Å²) < 4.78 is 0. The maximum absolute atomic E-state index is 14.2. The van der Waals surface area contributed by atoms with E-state index < -0.39 is 5.60 Å². The van der Waals surface area contributed by atoms with Gasteiger partial charge in [0, 0.05) is 12.1 Å². The lowest BCUT2D eigenvalue weighted by atomic mass is 9.67. The summed E-state index contributed by atoms with van der Waals surface area (Å²) in [6.45, 7) is 1.25. The van der Waals surface area contributed by atoms with E-state index in [9.17, 15) is 9.90 Å². The van der Waals surface area contributed by atoms with E-state index in [1.165, 1.54) is 11.1 Å². The first-order valence-corrected chi connectivity index (χ1v) is 13.4. The Balaban J connectivity index is 1.33. The maximum Gasteiger partial charge on any atom is 0.321 e. The number of hydrogen-bond donors (Lipinski definition) is 1. The van der Waals surface area contributed by atoms with Crippen LogP contribution in [0.1, 0.15) is 68.9 Å². The van der Waals surface area contributed by atoms with Gasteiger partial charge in [0.15, 0.2) is 0 Å². The lowest BCUT2D eigenvalue weighted by molar-refractivity contribution is -0.0725. The summed E-state index contributed by atoms with van der Waals surface area (Å²) in [7, 11) is 4.39. The Morgan fingerprint density at radius 3 is 1.86 bits per heavy atom. The first kappa shape index (κ1) is 23.1. The van der Waals surface area contributed by atoms with E-state index >= 15 is 0 Å². The second kappa shape index (κ2) is 8.07. The standard InChI is InChI=1S/C30H39N3O2/c1-31(2)29(24-10-5-3-6-11-24)18-16-27(17-19-29)22-33(26(34)32(27)23-28(35)14-9-15-28)30(20-21-30)25-12-7-4-8-13-25/h3-8,10-13,35H,9,14-23H2,1-2H3/t27-,29+. The molecule has 2 aromatic carbocycles. The highest BCUT2D eigenvalue weighted by molar-refractivity contribution is 5.80. The average molecular weight is 474 g/mol. The Labute approximate surface area is 209 Å². The van der Waals surface area contributed by atoms with Crippen molar-refractivity contribution in [1.82, 2.24) is 14.7 Å². The minimum atomic E-state index is -0.711. The number of nitrogens with zero attached hydrogens (tertiary/aromatic N) is 3. The molecule has 0 radical (unpaired) electrons. The van der Waals surface area contributed by atoms with Gasteiger partial charge in [-0.1, -0.05) is 60.7 Å². The Bertz CT molecular complexity index is 1070. The van der Waals surface area contributed by atoms with Crippen LogP contribution in [0.3, 0.4) is 0 Å². The molecule has 5 heteroatoms. The second-order valence-corrected chi connectivity index (χ2v) is 11.9. The van der Waals surface area contributed by atoms with Crippen molar-refractivity contribution in [2.45, 2.75) is 80.0 Å². The molecule has 0 unspecified atom stereocenters. The number of β-amino-alcohol motifs (C(OH)–C–C–N with tert-alkyl or cyclic N) is 1. The highest BCUT2D eigenvalue weighted by Crippen LogP contribution is 2.57. The van der Waals surface area contributed by atoms with Gasteiger partial charge in [-0.3, -0.25) is 4.90 Å². The van der Waals surface area contributed by atoms with Crippen molar-refractivity contribution in [3.63, 3.8) is 0 Å². The molecule has 6 rings (SSSR count). The number of benzene rings is 2. The zero-order chi connectivity index (χ0) is 24.3. The fourth-order valence-electron chi connectivity index (χ4n) is 7.28. The lowest BCUT2D eigenvalue weighted by Gasteiger charge is -2.52. The van der Waals surface area contributed by atoms with E-state index in [2.05, 4.69) is 89.5 Å². The van der Waals surface area contributed by atoms with Gasteiger partial charge in [0.1, 0.15) is 0 Å². The first-order chi connectivity index (χ1) is 16.8. The summed E-state index contributed by atoms with van der Waals surface area (Å²) >= 11 is 0. The smallest absolute Gasteiger partial charge is 0.321 e. The van der Waals surface area contributed by atoms with Crippen molar-refractivity contribution in [3.8, 4) is 0 Å². The molecule has 35 heavy (non-hydrogen) atoms. The fraction of sp³-hybridized carbons (Fsp3) is 0.567. The Hall–Kier alpha value is -2.37. The fourth-order valence-corrected chi connectivity index (χ4v) is 7.28. The van der Waals surface area contributed by atoms with Gasteiger partial charge in [-0.05, 0) is 83.0 Å². The minimum Gasteiger partial charge on any atom is -0.388 e. The van der Waals surface area contributed by atoms with Crippen LogP contribution in [0.15, 0.2) is 60.7 Å². The number of rotatable bonds is 6. The summed E-state index contributed by atoms with van der Waals surface area (Å²) in [6, 6.07) is 21.6. The third-order valence-corrected chi connectivity index (χ3v) is 9.95. The zero-order valence-electron chi connectivity index (χ0n) is 21.2. The van der Waals surface area contributed by atoms with E-state index in [1.54, 1.807) is 0 Å². The van der Waals surface area contributed by atoms with Crippen LogP contribution in [-0.4, -0.2) is 64.2 Å². The quantitative estimate of drug-likeness (QED) is 0.635. The van der Waals surface area contributed by atoms with Crippen LogP contribution in [0, 0.1) is 0 Å². The molecule has 2 aromatic rings. The summed E-state index contributed by atoms with van der Waals surface area (Å²) in [5.74, 6) is 0. The summed E-state index contributed by atoms with van der Waals surface area (Å²) in [5, 5.41) is 11.2. The van der Waals surface area contributed by atoms with Gasteiger partial charge < -0.3 is 14.9 Å². The molecule has 2 amide bonds. The summed E-state index contributed by atoms with van der Waals surface area (Å²) in [4.78, 5) is 20.9. The Morgan fingerprint density at radius 2 is 1.37 bits per heavy atom. The van der Waals surface area contributed by atoms with Gasteiger partial charge in [-0.15, -0.1) is 0 Å². The second-order valence-electron chi connectivity index (χ2n) is 11.9. The highest BCUT2D eigenvalue weighted by Gasteiger charge is 2.63. The van der Waals surface area contributed by atoms with Crippen molar-refractivity contribution in [2.75, 3.05) is 27.2 Å². The van der Waals surface area contributed by atoms with Gasteiger partial charge in [0.25, 0.3) is 0 Å². The lowest BCUT2D eigenvalue weighted by Crippen LogP contribution is -2.59. The number of urea groups is 1. The third kappa shape index (κ3) is 3.54. The molecule has 1 saturated heterocycles. The zero-order valence-corrected chi connectivity index (χ0v) is 21.2. The Kier molecular flexibility index (Phi) is 5.32. The molecule has 5 nitrogen and oxygen atoms in total. The molecule has 3 saturated carbocycles. The molecule has 0 bridgehead atoms. The van der Waals surface area contributed by atoms with Gasteiger partial charge in [0.2, 0.25) is 0 Å². The van der Waals surface area contributed by atoms with E-state index in [4.69, 9.17) is 0 Å². The molecule has 3 aliphatic carbocycles. The van der Waals surface area contributed by atoms with Crippen LogP contribution in [0.5, 0.6) is 0 Å². The molecule has 186 valence electrons. The number of amides is 2. The van der Waals surface area contributed by atoms with Crippen LogP contribution >= 0.6 is 0 Å². The highest BCUT2D eigenvalue weighted by atomic mass is 16.3. The first-order valence-electron chi connectivity index (χ1n) is 13.4. The van der Waals surface area contributed by atoms with Crippen molar-refractivity contribution in [2.24, 2.45) is 0 Å². The molecule has 1 heterocycles. The van der Waals surface area contributed by atoms with E-state index in [0.29, 0.717) is 6.54 Å². The van der Waals surface area contributed by atoms with Crippen LogP contribution in [0.2, 0.25) is 0 Å². The van der Waals surface area contributed by atoms with Crippen molar-refractivity contribution in [3.05, 3.63) is 71.8 Å². The van der Waals surface area contributed by atoms with Crippen LogP contribution in [-0.2, 0) is 11.1 Å². The van der Waals surface area contributed by atoms with E-state index in [-0.39, 0.29) is 22.6 Å². The summed E-state index contributed by atoms with van der Waals surface area (Å²) in [6.07, 6.45) is 8.68. The van der Waals surface area contributed by atoms with Crippen LogP contribution in [0.25, 0.3) is 0 Å². The average Bonchev–Trinajstić information content (AvgIpc) is 3.63. The largest absolute Gasteiger partial charge is 0.388 e. The van der Waals surface area contributed by atoms with E-state index in [0.717, 1.165) is 64.3 Å². The van der Waals surface area contributed by atoms with Gasteiger partial charge in [0.05, 0.1) is 23.2 Å². The topological polar surface area (TPSA) is 47.0 Å². The molecular weight excluding hydrogens is 434 g/mol. The number of carbonyl (C=O) groups excluding carboxylic acids is 1. The number of aliphatic hydroxyl groups is 1. The van der Waals surface area contributed by atoms with E-state index in [1.807, 2.05) is 0 Å². The van der Waals surface area contributed by atoms with Crippen LogP contribution < -0.4 is 0 Å². The molecule has 4 fully saturated rings. The van der Waals surface area contributed by atoms with Crippen molar-refractivity contribution < 1.29 is 9.90 Å². The van der Waals surface area contributed by atoms with Crippen molar-refractivity contribution in [1.29, 1.82) is 0 Å². The molecular formula is C30H39N3O2. The SMILES string of the molecule is CN(C)[C@]1(c2ccccc2)CC[C@]2(CC1)CN(C1(c3ccccc3)CC1)C(=O)N2CC1(O)CCC1. The third-order valence-electron chi connectivity index (χ3n) is 9.95. The van der Waals surface area contributed by atoms with Gasteiger partial charge in [-0.2, -0.15) is 0 Å². The predicted octanol–water partition coefficient (Wildman–Crippen LogP) is 5.10. The molecule has 1 aliphatic heterocycles. The normalized spacial score (nSPS) is 31.1. The Morgan fingerprint density at radius 1 is 0.800 bits per heavy atom. The molecule has 1 spiro atoms. The van der Waals surface area contributed by atoms with Gasteiger partial charge in [-0.25, -0.2) is 4.79 Å². The van der Waals surface area contributed by atoms with Gasteiger partial charge >= 0.3 is 6.03 Å². The summed E-state index contributed by atoms with van der Waals surface area (Å²) in [5.41, 5.74) is 1.53. The molecule has 0 atom stereocenters. The molecule has 1 N–H and O–H groups in total. The molecule has 0 aromatic heterocycles. The predicted molar refractivity (Wildman–Crippen MR) is 138 cm³/mol. The van der Waals surface area contributed by atoms with Crippen molar-refractivity contribution >= 4 is 6.03 Å². The maximum atomic E-state index is 14.2. The monoisotopic (exact) mass is 473 g/mol. The molecule has 4 aliphatic rings. The minimum absolute atomic E-state index is 0.0152. The van der Waals surface area contributed by atoms with Crippen LogP contribution in [0.4, 0.5) is 4.79 Å².